The molecule has 186 valence electrons. The van der Waals surface area contributed by atoms with Crippen molar-refractivity contribution in [3.05, 3.63) is 109 Å². The number of anilines is 1. The lowest BCUT2D eigenvalue weighted by atomic mass is 10.1. The molecule has 3 N–H and O–H groups in total. The summed E-state index contributed by atoms with van der Waals surface area (Å²) in [4.78, 5) is 34.1. The van der Waals surface area contributed by atoms with Crippen molar-refractivity contribution in [3.63, 3.8) is 0 Å². The van der Waals surface area contributed by atoms with E-state index in [0.29, 0.717) is 16.9 Å². The summed E-state index contributed by atoms with van der Waals surface area (Å²) in [5.74, 6) is -0.196. The first kappa shape index (κ1) is 22.5. The lowest BCUT2D eigenvalue weighted by molar-refractivity contribution is 0.102. The van der Waals surface area contributed by atoms with E-state index >= 15 is 0 Å². The molecule has 9 heteroatoms. The van der Waals surface area contributed by atoms with Crippen LogP contribution in [0.2, 0.25) is 0 Å². The molecule has 9 nitrogen and oxygen atoms in total. The maximum absolute atomic E-state index is 12.6. The van der Waals surface area contributed by atoms with E-state index in [4.69, 9.17) is 0 Å². The fourth-order valence-corrected chi connectivity index (χ4v) is 4.61. The second-order valence-corrected chi connectivity index (χ2v) is 8.99. The molecule has 0 atom stereocenters. The molecule has 6 aromatic heterocycles. The van der Waals surface area contributed by atoms with Crippen LogP contribution in [0.1, 0.15) is 10.4 Å². The summed E-state index contributed by atoms with van der Waals surface area (Å²) in [7, 11) is 0. The predicted octanol–water partition coefficient (Wildman–Crippen LogP) is 5.88. The molecule has 0 spiro atoms. The van der Waals surface area contributed by atoms with Gasteiger partial charge in [0, 0.05) is 57.8 Å². The average Bonchev–Trinajstić information content (AvgIpc) is 3.62. The van der Waals surface area contributed by atoms with Crippen LogP contribution in [0.5, 0.6) is 0 Å². The molecule has 0 bridgehead atoms. The van der Waals surface area contributed by atoms with Crippen LogP contribution >= 0.6 is 0 Å². The first-order valence-electron chi connectivity index (χ1n) is 12.3. The monoisotopic (exact) mass is 508 g/mol. The highest BCUT2D eigenvalue weighted by molar-refractivity contribution is 6.04. The van der Waals surface area contributed by atoms with Crippen molar-refractivity contribution in [1.82, 2.24) is 35.1 Å². The molecule has 1 aromatic carbocycles. The zero-order chi connectivity index (χ0) is 26.2. The van der Waals surface area contributed by atoms with Gasteiger partial charge >= 0.3 is 0 Å². The van der Waals surface area contributed by atoms with Crippen LogP contribution in [-0.4, -0.2) is 41.0 Å². The third kappa shape index (κ3) is 4.17. The Kier molecular flexibility index (Phi) is 5.37. The van der Waals surface area contributed by atoms with E-state index in [9.17, 15) is 4.79 Å². The van der Waals surface area contributed by atoms with Crippen molar-refractivity contribution >= 4 is 33.5 Å². The fraction of sp³-hybridized carbons (Fsp3) is 0. The highest BCUT2D eigenvalue weighted by atomic mass is 16.1. The van der Waals surface area contributed by atoms with E-state index < -0.39 is 0 Å². The first-order valence-corrected chi connectivity index (χ1v) is 12.3. The minimum atomic E-state index is -0.196. The lowest BCUT2D eigenvalue weighted by Crippen LogP contribution is -2.11. The van der Waals surface area contributed by atoms with Crippen molar-refractivity contribution in [3.8, 4) is 33.9 Å². The number of pyridine rings is 4. The maximum Gasteiger partial charge on any atom is 0.255 e. The summed E-state index contributed by atoms with van der Waals surface area (Å²) >= 11 is 0. The maximum atomic E-state index is 12.6. The third-order valence-electron chi connectivity index (χ3n) is 6.49. The molecular formula is C30H20N8O. The Labute approximate surface area is 222 Å². The van der Waals surface area contributed by atoms with E-state index in [1.807, 2.05) is 60.7 Å². The van der Waals surface area contributed by atoms with Crippen molar-refractivity contribution < 1.29 is 4.79 Å². The van der Waals surface area contributed by atoms with Gasteiger partial charge < -0.3 is 10.3 Å². The number of amides is 1. The number of aromatic amines is 2. The number of nitrogens with one attached hydrogen (secondary N) is 3. The van der Waals surface area contributed by atoms with Crippen molar-refractivity contribution in [2.24, 2.45) is 0 Å². The Balaban J connectivity index is 1.25. The van der Waals surface area contributed by atoms with E-state index in [1.165, 1.54) is 0 Å². The van der Waals surface area contributed by atoms with Gasteiger partial charge in [0.15, 0.2) is 5.65 Å². The zero-order valence-corrected chi connectivity index (χ0v) is 20.5. The number of fused-ring (bicyclic) bond motifs is 2. The second-order valence-electron chi connectivity index (χ2n) is 8.99. The molecule has 0 aliphatic carbocycles. The van der Waals surface area contributed by atoms with Crippen LogP contribution in [0.25, 0.3) is 55.8 Å². The van der Waals surface area contributed by atoms with Crippen LogP contribution < -0.4 is 5.32 Å². The number of hydrogen-bond donors (Lipinski definition) is 3. The van der Waals surface area contributed by atoms with Gasteiger partial charge in [0.05, 0.1) is 29.0 Å². The molecule has 7 rings (SSSR count). The molecule has 7 aromatic rings. The van der Waals surface area contributed by atoms with Gasteiger partial charge in [-0.25, -0.2) is 4.98 Å². The third-order valence-corrected chi connectivity index (χ3v) is 6.49. The van der Waals surface area contributed by atoms with Crippen molar-refractivity contribution in [2.75, 3.05) is 5.32 Å². The minimum Gasteiger partial charge on any atom is -0.353 e. The van der Waals surface area contributed by atoms with Gasteiger partial charge in [-0.05, 0) is 48.5 Å². The molecular weight excluding hydrogens is 488 g/mol. The van der Waals surface area contributed by atoms with E-state index in [2.05, 4.69) is 40.4 Å². The largest absolute Gasteiger partial charge is 0.353 e. The fourth-order valence-electron chi connectivity index (χ4n) is 4.61. The smallest absolute Gasteiger partial charge is 0.255 e. The van der Waals surface area contributed by atoms with Crippen LogP contribution in [-0.2, 0) is 0 Å². The number of H-pyrrole nitrogens is 2. The molecule has 0 unspecified atom stereocenters. The summed E-state index contributed by atoms with van der Waals surface area (Å²) in [6.45, 7) is 0. The molecule has 0 aliphatic rings. The number of hydrogen-bond acceptors (Lipinski definition) is 6. The molecule has 0 saturated carbocycles. The number of carbonyl (C=O) groups is 1. The topological polar surface area (TPSA) is 125 Å². The Morgan fingerprint density at radius 2 is 1.62 bits per heavy atom. The van der Waals surface area contributed by atoms with Gasteiger partial charge in [-0.2, -0.15) is 5.10 Å². The van der Waals surface area contributed by atoms with Crippen LogP contribution in [0.3, 0.4) is 0 Å². The standard InChI is InChI=1S/C30H20N8O/c39-30(18-6-2-1-3-7-18)35-21-12-19(15-31-17-21)20-13-23-28(37-38-29(23)34-16-20)26-14-22-24(36-26)9-11-33-27(22)25-8-4-5-10-32-25/h1-17,36H,(H,35,39)(H,34,37,38). The molecule has 1 amide bonds. The predicted molar refractivity (Wildman–Crippen MR) is 150 cm³/mol. The molecule has 0 radical (unpaired) electrons. The van der Waals surface area contributed by atoms with Crippen LogP contribution in [0.15, 0.2) is 104 Å². The van der Waals surface area contributed by atoms with Crippen LogP contribution in [0, 0.1) is 0 Å². The summed E-state index contributed by atoms with van der Waals surface area (Å²) in [5.41, 5.74) is 7.62. The summed E-state index contributed by atoms with van der Waals surface area (Å²) < 4.78 is 0. The minimum absolute atomic E-state index is 0.196. The van der Waals surface area contributed by atoms with Crippen LogP contribution in [0.4, 0.5) is 5.69 Å². The average molecular weight is 509 g/mol. The van der Waals surface area contributed by atoms with Gasteiger partial charge in [0.25, 0.3) is 5.91 Å². The summed E-state index contributed by atoms with van der Waals surface area (Å²) in [5, 5.41) is 12.3. The highest BCUT2D eigenvalue weighted by Crippen LogP contribution is 2.33. The number of carbonyl (C=O) groups excluding carboxylic acids is 1. The Morgan fingerprint density at radius 1 is 0.744 bits per heavy atom. The lowest BCUT2D eigenvalue weighted by Gasteiger charge is -2.07. The Bertz CT molecular complexity index is 1960. The van der Waals surface area contributed by atoms with E-state index in [0.717, 1.165) is 50.2 Å². The van der Waals surface area contributed by atoms with E-state index in [1.54, 1.807) is 43.1 Å². The first-order chi connectivity index (χ1) is 19.2. The summed E-state index contributed by atoms with van der Waals surface area (Å²) in [6, 6.07) is 22.7. The van der Waals surface area contributed by atoms with Gasteiger partial charge in [-0.3, -0.25) is 24.8 Å². The van der Waals surface area contributed by atoms with Gasteiger partial charge in [-0.15, -0.1) is 0 Å². The van der Waals surface area contributed by atoms with Gasteiger partial charge in [-0.1, -0.05) is 24.3 Å². The summed E-state index contributed by atoms with van der Waals surface area (Å²) in [6.07, 6.45) is 8.66. The van der Waals surface area contributed by atoms with Crippen molar-refractivity contribution in [2.45, 2.75) is 0 Å². The molecule has 0 saturated heterocycles. The number of nitrogens with zero attached hydrogens (tertiary/aromatic N) is 5. The Morgan fingerprint density at radius 3 is 2.49 bits per heavy atom. The number of benzene rings is 1. The molecule has 39 heavy (non-hydrogen) atoms. The zero-order valence-electron chi connectivity index (χ0n) is 20.5. The van der Waals surface area contributed by atoms with E-state index in [-0.39, 0.29) is 5.91 Å². The second kappa shape index (κ2) is 9.31. The molecule has 0 aliphatic heterocycles. The SMILES string of the molecule is O=C(Nc1cncc(-c2cnc3[nH]nc(-c4cc5c(-c6ccccn6)nccc5[nH]4)c3c2)c1)c1ccccc1. The quantitative estimate of drug-likeness (QED) is 0.267. The number of rotatable bonds is 5. The highest BCUT2D eigenvalue weighted by Gasteiger charge is 2.16. The van der Waals surface area contributed by atoms with Gasteiger partial charge in [0.1, 0.15) is 5.69 Å². The normalized spacial score (nSPS) is 11.2. The Hall–Kier alpha value is -5.70. The van der Waals surface area contributed by atoms with Gasteiger partial charge in [0.2, 0.25) is 0 Å². The molecule has 6 heterocycles. The van der Waals surface area contributed by atoms with Crippen molar-refractivity contribution in [1.29, 1.82) is 0 Å². The number of aromatic nitrogens is 7. The molecule has 0 fully saturated rings.